The highest BCUT2D eigenvalue weighted by Gasteiger charge is 2.15. The predicted molar refractivity (Wildman–Crippen MR) is 73.4 cm³/mol. The highest BCUT2D eigenvalue weighted by atomic mass is 32.2. The van der Waals surface area contributed by atoms with Gasteiger partial charge in [0.2, 0.25) is 0 Å². The Balaban J connectivity index is 1.96. The number of benzene rings is 2. The van der Waals surface area contributed by atoms with Crippen LogP contribution in [0.1, 0.15) is 17.5 Å². The molecule has 98 valence electrons. The summed E-state index contributed by atoms with van der Waals surface area (Å²) in [4.78, 5) is 1.06. The van der Waals surface area contributed by atoms with Crippen LogP contribution in [0.2, 0.25) is 0 Å². The number of anilines is 1. The first kappa shape index (κ1) is 12.5. The highest BCUT2D eigenvalue weighted by Crippen LogP contribution is 2.37. The average molecular weight is 277 g/mol. The van der Waals surface area contributed by atoms with Gasteiger partial charge in [-0.2, -0.15) is 0 Å². The molecule has 0 atom stereocenters. The lowest BCUT2D eigenvalue weighted by molar-refractivity contribution is 0.492. The Bertz CT molecular complexity index is 640. The van der Waals surface area contributed by atoms with Crippen molar-refractivity contribution in [2.24, 2.45) is 0 Å². The van der Waals surface area contributed by atoms with Crippen molar-refractivity contribution in [3.05, 3.63) is 53.1 Å². The zero-order valence-electron chi connectivity index (χ0n) is 10.2. The molecule has 0 fully saturated rings. The molecule has 4 heteroatoms. The summed E-state index contributed by atoms with van der Waals surface area (Å²) < 4.78 is 27.0. The number of nitrogen functional groups attached to an aromatic ring is 1. The van der Waals surface area contributed by atoms with Crippen LogP contribution in [0.3, 0.4) is 0 Å². The molecule has 0 saturated carbocycles. The minimum absolute atomic E-state index is 0.165. The number of nitrogens with two attached hydrogens (primary N) is 1. The van der Waals surface area contributed by atoms with E-state index in [-0.39, 0.29) is 10.6 Å². The molecule has 0 bridgehead atoms. The van der Waals surface area contributed by atoms with Gasteiger partial charge in [0, 0.05) is 10.6 Å². The van der Waals surface area contributed by atoms with Gasteiger partial charge in [0.15, 0.2) is 11.6 Å². The fraction of sp³-hybridized carbons (Fsp3) is 0.200. The molecular formula is C15H13F2NS. The van der Waals surface area contributed by atoms with E-state index in [0.29, 0.717) is 0 Å². The smallest absolute Gasteiger partial charge is 0.174 e. The van der Waals surface area contributed by atoms with Gasteiger partial charge in [-0.25, -0.2) is 8.78 Å². The molecule has 0 radical (unpaired) electrons. The molecule has 2 N–H and O–H groups in total. The second-order valence-electron chi connectivity index (χ2n) is 4.67. The maximum atomic E-state index is 13.7. The summed E-state index contributed by atoms with van der Waals surface area (Å²) in [5.74, 6) is -1.73. The van der Waals surface area contributed by atoms with Gasteiger partial charge >= 0.3 is 0 Å². The fourth-order valence-corrected chi connectivity index (χ4v) is 3.33. The first-order valence-electron chi connectivity index (χ1n) is 6.18. The molecule has 2 aromatic rings. The first-order chi connectivity index (χ1) is 9.15. The minimum Gasteiger partial charge on any atom is -0.398 e. The summed E-state index contributed by atoms with van der Waals surface area (Å²) >= 11 is 1.18. The molecule has 0 spiro atoms. The van der Waals surface area contributed by atoms with Gasteiger partial charge in [-0.15, -0.1) is 0 Å². The van der Waals surface area contributed by atoms with Gasteiger partial charge in [0.1, 0.15) is 0 Å². The number of hydrogen-bond acceptors (Lipinski definition) is 2. The SMILES string of the molecule is Nc1ccc(F)c(F)c1Sc1ccc2c(c1)CCC2. The monoisotopic (exact) mass is 277 g/mol. The van der Waals surface area contributed by atoms with Gasteiger partial charge in [-0.05, 0) is 54.7 Å². The minimum atomic E-state index is -0.870. The molecule has 0 unspecified atom stereocenters. The third-order valence-corrected chi connectivity index (χ3v) is 4.48. The summed E-state index contributed by atoms with van der Waals surface area (Å²) in [6.07, 6.45) is 3.33. The molecule has 2 aromatic carbocycles. The average Bonchev–Trinajstić information content (AvgIpc) is 2.86. The summed E-state index contributed by atoms with van der Waals surface area (Å²) in [5.41, 5.74) is 8.66. The van der Waals surface area contributed by atoms with Crippen LogP contribution in [0.5, 0.6) is 0 Å². The van der Waals surface area contributed by atoms with E-state index in [0.717, 1.165) is 23.8 Å². The summed E-state index contributed by atoms with van der Waals surface area (Å²) in [7, 11) is 0. The topological polar surface area (TPSA) is 26.0 Å². The highest BCUT2D eigenvalue weighted by molar-refractivity contribution is 7.99. The molecule has 1 aliphatic rings. The van der Waals surface area contributed by atoms with Gasteiger partial charge in [0.05, 0.1) is 4.90 Å². The molecule has 1 nitrogen and oxygen atoms in total. The zero-order valence-corrected chi connectivity index (χ0v) is 11.1. The molecule has 0 aromatic heterocycles. The van der Waals surface area contributed by atoms with Crippen LogP contribution >= 0.6 is 11.8 Å². The number of fused-ring (bicyclic) bond motifs is 1. The van der Waals surface area contributed by atoms with E-state index in [4.69, 9.17) is 5.73 Å². The molecule has 0 amide bonds. The third kappa shape index (κ3) is 2.32. The van der Waals surface area contributed by atoms with Gasteiger partial charge in [-0.3, -0.25) is 0 Å². The maximum Gasteiger partial charge on any atom is 0.174 e. The van der Waals surface area contributed by atoms with E-state index in [1.165, 1.54) is 35.4 Å². The number of aryl methyl sites for hydroxylation is 2. The van der Waals surface area contributed by atoms with E-state index < -0.39 is 11.6 Å². The largest absolute Gasteiger partial charge is 0.398 e. The Hall–Kier alpha value is -1.55. The summed E-state index contributed by atoms with van der Waals surface area (Å²) in [5, 5.41) is 0. The van der Waals surface area contributed by atoms with E-state index >= 15 is 0 Å². The Morgan fingerprint density at radius 2 is 1.79 bits per heavy atom. The molecule has 1 aliphatic carbocycles. The summed E-state index contributed by atoms with van der Waals surface area (Å²) in [6.45, 7) is 0. The lowest BCUT2D eigenvalue weighted by Gasteiger charge is -2.09. The number of halogens is 2. The Kier molecular flexibility index (Phi) is 3.19. The molecule has 0 saturated heterocycles. The third-order valence-electron chi connectivity index (χ3n) is 3.37. The molecular weight excluding hydrogens is 264 g/mol. The van der Waals surface area contributed by atoms with Crippen LogP contribution in [-0.4, -0.2) is 0 Å². The van der Waals surface area contributed by atoms with Crippen LogP contribution in [0, 0.1) is 11.6 Å². The lowest BCUT2D eigenvalue weighted by atomic mass is 10.1. The van der Waals surface area contributed by atoms with Crippen LogP contribution < -0.4 is 5.73 Å². The molecule has 0 heterocycles. The second-order valence-corrected chi connectivity index (χ2v) is 5.75. The number of hydrogen-bond donors (Lipinski definition) is 1. The molecule has 3 rings (SSSR count). The maximum absolute atomic E-state index is 13.7. The van der Waals surface area contributed by atoms with E-state index in [1.54, 1.807) is 0 Å². The standard InChI is InChI=1S/C15H13F2NS/c16-12-6-7-13(18)15(14(12)17)19-11-5-4-9-2-1-3-10(9)8-11/h4-8H,1-3,18H2. The molecule has 0 aliphatic heterocycles. The van der Waals surface area contributed by atoms with Crippen molar-refractivity contribution in [3.63, 3.8) is 0 Å². The van der Waals surface area contributed by atoms with Crippen molar-refractivity contribution in [1.29, 1.82) is 0 Å². The van der Waals surface area contributed by atoms with Crippen molar-refractivity contribution in [1.82, 2.24) is 0 Å². The Morgan fingerprint density at radius 3 is 2.63 bits per heavy atom. The van der Waals surface area contributed by atoms with E-state index in [9.17, 15) is 8.78 Å². The van der Waals surface area contributed by atoms with Crippen molar-refractivity contribution < 1.29 is 8.78 Å². The quantitative estimate of drug-likeness (QED) is 0.833. The fourth-order valence-electron chi connectivity index (χ4n) is 2.38. The van der Waals surface area contributed by atoms with Crippen LogP contribution in [0.25, 0.3) is 0 Å². The van der Waals surface area contributed by atoms with Gasteiger partial charge in [-0.1, -0.05) is 17.8 Å². The van der Waals surface area contributed by atoms with Gasteiger partial charge < -0.3 is 5.73 Å². The number of rotatable bonds is 2. The van der Waals surface area contributed by atoms with Crippen molar-refractivity contribution in [2.45, 2.75) is 29.1 Å². The van der Waals surface area contributed by atoms with Crippen molar-refractivity contribution in [3.8, 4) is 0 Å². The Morgan fingerprint density at radius 1 is 1.00 bits per heavy atom. The molecule has 19 heavy (non-hydrogen) atoms. The van der Waals surface area contributed by atoms with E-state index in [1.807, 2.05) is 6.07 Å². The van der Waals surface area contributed by atoms with Crippen molar-refractivity contribution in [2.75, 3.05) is 5.73 Å². The van der Waals surface area contributed by atoms with E-state index in [2.05, 4.69) is 12.1 Å². The van der Waals surface area contributed by atoms with Crippen molar-refractivity contribution >= 4 is 17.4 Å². The normalized spacial score (nSPS) is 13.6. The Labute approximate surface area is 114 Å². The predicted octanol–water partition coefficient (Wildman–Crippen LogP) is 4.19. The zero-order chi connectivity index (χ0) is 13.4. The summed E-state index contributed by atoms with van der Waals surface area (Å²) in [6, 6.07) is 8.51. The van der Waals surface area contributed by atoms with Crippen LogP contribution in [0.4, 0.5) is 14.5 Å². The van der Waals surface area contributed by atoms with Gasteiger partial charge in [0.25, 0.3) is 0 Å². The lowest BCUT2D eigenvalue weighted by Crippen LogP contribution is -1.95. The second kappa shape index (κ2) is 4.85. The first-order valence-corrected chi connectivity index (χ1v) is 7.00. The van der Waals surface area contributed by atoms with Crippen LogP contribution in [-0.2, 0) is 12.8 Å². The van der Waals surface area contributed by atoms with Crippen LogP contribution in [0.15, 0.2) is 40.1 Å².